The molecular formula is C20H25NO. The van der Waals surface area contributed by atoms with Gasteiger partial charge in [-0.2, -0.15) is 0 Å². The zero-order chi connectivity index (χ0) is 15.4. The summed E-state index contributed by atoms with van der Waals surface area (Å²) in [6, 6.07) is 8.72. The first kappa shape index (κ1) is 15.3. The van der Waals surface area contributed by atoms with Crippen molar-refractivity contribution in [3.63, 3.8) is 0 Å². The first-order chi connectivity index (χ1) is 10.7. The summed E-state index contributed by atoms with van der Waals surface area (Å²) in [7, 11) is 4.16. The molecule has 0 N–H and O–H groups in total. The highest BCUT2D eigenvalue weighted by Gasteiger charge is 2.18. The van der Waals surface area contributed by atoms with Crippen molar-refractivity contribution in [3.05, 3.63) is 70.8 Å². The molecule has 22 heavy (non-hydrogen) atoms. The van der Waals surface area contributed by atoms with Crippen LogP contribution in [0.2, 0.25) is 0 Å². The van der Waals surface area contributed by atoms with Crippen molar-refractivity contribution in [1.29, 1.82) is 0 Å². The average molecular weight is 295 g/mol. The second-order valence-corrected chi connectivity index (χ2v) is 6.33. The fourth-order valence-corrected chi connectivity index (χ4v) is 3.10. The molecule has 0 amide bonds. The van der Waals surface area contributed by atoms with Crippen LogP contribution in [0.1, 0.15) is 30.1 Å². The van der Waals surface area contributed by atoms with Gasteiger partial charge in [-0.25, -0.2) is 0 Å². The van der Waals surface area contributed by atoms with Gasteiger partial charge in [-0.05, 0) is 50.1 Å². The van der Waals surface area contributed by atoms with Gasteiger partial charge in [-0.1, -0.05) is 54.1 Å². The Balaban J connectivity index is 1.88. The van der Waals surface area contributed by atoms with Crippen LogP contribution in [0.25, 0.3) is 0 Å². The summed E-state index contributed by atoms with van der Waals surface area (Å²) in [5, 5.41) is 0. The van der Waals surface area contributed by atoms with Crippen molar-refractivity contribution >= 4 is 0 Å². The fourth-order valence-electron chi connectivity index (χ4n) is 3.10. The number of benzene rings is 1. The maximum Gasteiger partial charge on any atom is 0.101 e. The Morgan fingerprint density at radius 1 is 1.18 bits per heavy atom. The lowest BCUT2D eigenvalue weighted by molar-refractivity contribution is 0.0728. The number of rotatable bonds is 4. The Morgan fingerprint density at radius 2 is 2.05 bits per heavy atom. The molecule has 0 aliphatic heterocycles. The average Bonchev–Trinajstić information content (AvgIpc) is 2.50. The van der Waals surface area contributed by atoms with Gasteiger partial charge in [0, 0.05) is 6.54 Å². The van der Waals surface area contributed by atoms with Crippen molar-refractivity contribution in [2.24, 2.45) is 0 Å². The third-order valence-electron chi connectivity index (χ3n) is 4.37. The van der Waals surface area contributed by atoms with E-state index in [0.717, 1.165) is 26.0 Å². The molecule has 0 heterocycles. The number of allylic oxidation sites excluding steroid dienone is 5. The SMILES string of the molecule is CN(C)CCOC1/C=C\C2=C(CCC=C2)Cc2ccccc21. The van der Waals surface area contributed by atoms with Crippen LogP contribution >= 0.6 is 0 Å². The number of hydrogen-bond acceptors (Lipinski definition) is 2. The van der Waals surface area contributed by atoms with E-state index in [0.29, 0.717) is 0 Å². The zero-order valence-electron chi connectivity index (χ0n) is 13.6. The molecule has 116 valence electrons. The Labute approximate surface area is 133 Å². The molecule has 1 aromatic carbocycles. The first-order valence-electron chi connectivity index (χ1n) is 8.15. The maximum absolute atomic E-state index is 6.16. The number of fused-ring (bicyclic) bond motifs is 1. The number of ether oxygens (including phenoxy) is 1. The van der Waals surface area contributed by atoms with Gasteiger partial charge >= 0.3 is 0 Å². The Morgan fingerprint density at radius 3 is 2.91 bits per heavy atom. The van der Waals surface area contributed by atoms with Crippen LogP contribution in [0.15, 0.2) is 59.7 Å². The van der Waals surface area contributed by atoms with Crippen LogP contribution in [0.5, 0.6) is 0 Å². The molecule has 1 unspecified atom stereocenters. The van der Waals surface area contributed by atoms with Crippen LogP contribution in [-0.4, -0.2) is 32.1 Å². The fraction of sp³-hybridized carbons (Fsp3) is 0.400. The number of hydrogen-bond donors (Lipinski definition) is 0. The lowest BCUT2D eigenvalue weighted by atomic mass is 9.87. The highest BCUT2D eigenvalue weighted by molar-refractivity contribution is 5.46. The van der Waals surface area contributed by atoms with Gasteiger partial charge in [0.05, 0.1) is 6.61 Å². The zero-order valence-corrected chi connectivity index (χ0v) is 13.6. The summed E-state index contributed by atoms with van der Waals surface area (Å²) in [6.45, 7) is 1.69. The summed E-state index contributed by atoms with van der Waals surface area (Å²) in [5.41, 5.74) is 5.66. The van der Waals surface area contributed by atoms with Gasteiger partial charge in [-0.3, -0.25) is 0 Å². The molecule has 2 nitrogen and oxygen atoms in total. The second-order valence-electron chi connectivity index (χ2n) is 6.33. The van der Waals surface area contributed by atoms with Crippen molar-refractivity contribution in [3.8, 4) is 0 Å². The smallest absolute Gasteiger partial charge is 0.101 e. The van der Waals surface area contributed by atoms with Gasteiger partial charge in [0.15, 0.2) is 0 Å². The molecule has 0 spiro atoms. The van der Waals surface area contributed by atoms with Crippen LogP contribution < -0.4 is 0 Å². The second kappa shape index (κ2) is 7.08. The van der Waals surface area contributed by atoms with E-state index in [9.17, 15) is 0 Å². The molecule has 0 bridgehead atoms. The Hall–Kier alpha value is -1.64. The third-order valence-corrected chi connectivity index (χ3v) is 4.37. The summed E-state index contributed by atoms with van der Waals surface area (Å²) in [5.74, 6) is 0. The largest absolute Gasteiger partial charge is 0.368 e. The lowest BCUT2D eigenvalue weighted by Crippen LogP contribution is -2.19. The molecule has 1 aromatic rings. The van der Waals surface area contributed by atoms with E-state index in [1.165, 1.54) is 23.1 Å². The topological polar surface area (TPSA) is 12.5 Å². The molecule has 1 atom stereocenters. The van der Waals surface area contributed by atoms with Crippen LogP contribution in [-0.2, 0) is 11.2 Å². The maximum atomic E-state index is 6.16. The van der Waals surface area contributed by atoms with E-state index in [4.69, 9.17) is 4.74 Å². The van der Waals surface area contributed by atoms with Gasteiger partial charge in [-0.15, -0.1) is 0 Å². The molecule has 2 aliphatic rings. The normalized spacial score (nSPS) is 22.0. The molecule has 0 fully saturated rings. The van der Waals surface area contributed by atoms with E-state index in [1.807, 2.05) is 0 Å². The van der Waals surface area contributed by atoms with Crippen molar-refractivity contribution in [1.82, 2.24) is 4.90 Å². The molecule has 0 radical (unpaired) electrons. The predicted octanol–water partition coefficient (Wildman–Crippen LogP) is 4.06. The minimum atomic E-state index is 0.0560. The molecule has 2 heteroatoms. The van der Waals surface area contributed by atoms with Crippen molar-refractivity contribution < 1.29 is 4.74 Å². The minimum absolute atomic E-state index is 0.0560. The number of likely N-dealkylation sites (N-methyl/N-ethyl adjacent to an activating group) is 1. The van der Waals surface area contributed by atoms with E-state index < -0.39 is 0 Å². The van der Waals surface area contributed by atoms with Crippen molar-refractivity contribution in [2.45, 2.75) is 25.4 Å². The van der Waals surface area contributed by atoms with Gasteiger partial charge in [0.25, 0.3) is 0 Å². The molecule has 0 saturated heterocycles. The lowest BCUT2D eigenvalue weighted by Gasteiger charge is -2.24. The first-order valence-corrected chi connectivity index (χ1v) is 8.15. The standard InChI is InChI=1S/C20H25NO/c1-21(2)13-14-22-20-12-11-16-7-3-4-8-17(16)15-18-9-5-6-10-19(18)20/h3,5-7,9-12,20H,4,8,13-15H2,1-2H3/b12-11-. The van der Waals surface area contributed by atoms with E-state index >= 15 is 0 Å². The summed E-state index contributed by atoms with van der Waals surface area (Å²) in [4.78, 5) is 2.16. The Kier molecular flexibility index (Phi) is 4.91. The summed E-state index contributed by atoms with van der Waals surface area (Å²) in [6.07, 6.45) is 12.5. The van der Waals surface area contributed by atoms with Crippen LogP contribution in [0.4, 0.5) is 0 Å². The predicted molar refractivity (Wildman–Crippen MR) is 91.9 cm³/mol. The monoisotopic (exact) mass is 295 g/mol. The highest BCUT2D eigenvalue weighted by atomic mass is 16.5. The van der Waals surface area contributed by atoms with E-state index in [-0.39, 0.29) is 6.10 Å². The van der Waals surface area contributed by atoms with Crippen LogP contribution in [0, 0.1) is 0 Å². The summed E-state index contributed by atoms with van der Waals surface area (Å²) < 4.78 is 6.16. The van der Waals surface area contributed by atoms with E-state index in [2.05, 4.69) is 67.6 Å². The Bertz CT molecular complexity index is 610. The van der Waals surface area contributed by atoms with Gasteiger partial charge in [0.2, 0.25) is 0 Å². The van der Waals surface area contributed by atoms with Gasteiger partial charge in [0.1, 0.15) is 6.10 Å². The molecule has 0 aromatic heterocycles. The molecule has 3 rings (SSSR count). The third kappa shape index (κ3) is 3.57. The molecule has 2 aliphatic carbocycles. The minimum Gasteiger partial charge on any atom is -0.368 e. The van der Waals surface area contributed by atoms with Crippen LogP contribution in [0.3, 0.4) is 0 Å². The number of nitrogens with zero attached hydrogens (tertiary/aromatic N) is 1. The summed E-state index contributed by atoms with van der Waals surface area (Å²) >= 11 is 0. The molecular weight excluding hydrogens is 270 g/mol. The highest BCUT2D eigenvalue weighted by Crippen LogP contribution is 2.32. The van der Waals surface area contributed by atoms with Crippen molar-refractivity contribution in [2.75, 3.05) is 27.2 Å². The van der Waals surface area contributed by atoms with E-state index in [1.54, 1.807) is 5.57 Å². The molecule has 0 saturated carbocycles. The quantitative estimate of drug-likeness (QED) is 0.830. The van der Waals surface area contributed by atoms with Gasteiger partial charge < -0.3 is 9.64 Å².